The minimum Gasteiger partial charge on any atom is -0.378 e. The van der Waals surface area contributed by atoms with Crippen LogP contribution in [0.4, 0.5) is 39.5 Å². The molecule has 0 aliphatic carbocycles. The molecule has 0 saturated heterocycles. The Balaban J connectivity index is 3.39. The van der Waals surface area contributed by atoms with Crippen molar-refractivity contribution in [3.8, 4) is 5.75 Å². The molecule has 144 valence electrons. The first kappa shape index (κ1) is 22.0. The maximum Gasteiger partial charge on any atom is 0.460 e. The van der Waals surface area contributed by atoms with Crippen molar-refractivity contribution in [2.24, 2.45) is 0 Å². The molecular formula is C10H3Cl2F9O3S. The van der Waals surface area contributed by atoms with Crippen molar-refractivity contribution in [2.45, 2.75) is 23.3 Å². The zero-order valence-corrected chi connectivity index (χ0v) is 13.4. The van der Waals surface area contributed by atoms with Crippen LogP contribution >= 0.6 is 23.2 Å². The first-order valence-corrected chi connectivity index (χ1v) is 7.63. The quantitative estimate of drug-likeness (QED) is 0.467. The lowest BCUT2D eigenvalue weighted by molar-refractivity contribution is -0.382. The molecule has 0 unspecified atom stereocenters. The van der Waals surface area contributed by atoms with Crippen molar-refractivity contribution < 1.29 is 52.1 Å². The average Bonchev–Trinajstić information content (AvgIpc) is 2.34. The summed E-state index contributed by atoms with van der Waals surface area (Å²) in [6.07, 6.45) is -7.17. The summed E-state index contributed by atoms with van der Waals surface area (Å²) >= 11 is 10.7. The fourth-order valence-electron chi connectivity index (χ4n) is 1.27. The van der Waals surface area contributed by atoms with Crippen molar-refractivity contribution in [2.75, 3.05) is 0 Å². The van der Waals surface area contributed by atoms with Gasteiger partial charge in [-0.05, 0) is 6.07 Å². The Kier molecular flexibility index (Phi) is 5.51. The van der Waals surface area contributed by atoms with E-state index < -0.39 is 49.2 Å². The lowest BCUT2D eigenvalue weighted by Gasteiger charge is -2.32. The van der Waals surface area contributed by atoms with E-state index in [1.807, 2.05) is 0 Å². The van der Waals surface area contributed by atoms with E-state index in [9.17, 15) is 47.9 Å². The van der Waals surface area contributed by atoms with Crippen molar-refractivity contribution >= 4 is 33.3 Å². The van der Waals surface area contributed by atoms with Gasteiger partial charge in [-0.2, -0.15) is 47.9 Å². The second kappa shape index (κ2) is 6.27. The molecule has 0 aliphatic rings. The van der Waals surface area contributed by atoms with E-state index in [4.69, 9.17) is 23.2 Å². The molecule has 0 N–H and O–H groups in total. The van der Waals surface area contributed by atoms with Gasteiger partial charge in [0.15, 0.2) is 0 Å². The number of alkyl halides is 9. The van der Waals surface area contributed by atoms with Crippen molar-refractivity contribution in [1.29, 1.82) is 0 Å². The molecule has 15 heteroatoms. The first-order chi connectivity index (χ1) is 10.9. The van der Waals surface area contributed by atoms with E-state index in [0.717, 1.165) is 6.07 Å². The van der Waals surface area contributed by atoms with Crippen LogP contribution in [0, 0.1) is 0 Å². The van der Waals surface area contributed by atoms with Crippen LogP contribution < -0.4 is 4.18 Å². The summed E-state index contributed by atoms with van der Waals surface area (Å²) in [6.45, 7) is 0. The summed E-state index contributed by atoms with van der Waals surface area (Å²) in [6, 6.07) is 1.84. The minimum absolute atomic E-state index is 0.437. The fourth-order valence-corrected chi connectivity index (χ4v) is 2.68. The summed E-state index contributed by atoms with van der Waals surface area (Å²) in [4.78, 5) is 0. The van der Waals surface area contributed by atoms with E-state index in [2.05, 4.69) is 4.18 Å². The van der Waals surface area contributed by atoms with Gasteiger partial charge in [-0.1, -0.05) is 23.2 Å². The minimum atomic E-state index is -7.39. The van der Waals surface area contributed by atoms with E-state index in [-0.39, 0.29) is 0 Å². The molecule has 0 radical (unpaired) electrons. The second-order valence-electron chi connectivity index (χ2n) is 4.31. The molecule has 25 heavy (non-hydrogen) atoms. The van der Waals surface area contributed by atoms with Gasteiger partial charge < -0.3 is 4.18 Å². The molecule has 0 heterocycles. The molecule has 0 saturated carbocycles. The van der Waals surface area contributed by atoms with Gasteiger partial charge in [0.1, 0.15) is 5.75 Å². The van der Waals surface area contributed by atoms with E-state index in [1.165, 1.54) is 0 Å². The normalized spacial score (nSPS) is 14.5. The van der Waals surface area contributed by atoms with E-state index >= 15 is 0 Å². The van der Waals surface area contributed by atoms with Gasteiger partial charge >= 0.3 is 33.4 Å². The molecular weight excluding hydrogens is 442 g/mol. The molecule has 0 aliphatic heterocycles. The number of benzene rings is 1. The SMILES string of the molecule is O=S(=O)(Oc1cc(Cl)cc(Cl)c1)C(F)(F)C(F)(F)C(F)(F)C(F)(F)F. The number of halogens is 11. The Labute approximate surface area is 143 Å². The number of hydrogen-bond acceptors (Lipinski definition) is 3. The average molecular weight is 445 g/mol. The zero-order valence-electron chi connectivity index (χ0n) is 11.0. The van der Waals surface area contributed by atoms with Crippen LogP contribution in [0.1, 0.15) is 0 Å². The highest BCUT2D eigenvalue weighted by Crippen LogP contribution is 2.55. The van der Waals surface area contributed by atoms with Crippen LogP contribution in [-0.2, 0) is 10.1 Å². The second-order valence-corrected chi connectivity index (χ2v) is 6.77. The van der Waals surface area contributed by atoms with Gasteiger partial charge in [-0.15, -0.1) is 0 Å². The van der Waals surface area contributed by atoms with Crippen LogP contribution in [0.3, 0.4) is 0 Å². The molecule has 0 fully saturated rings. The Hall–Kier alpha value is -1.08. The highest BCUT2D eigenvalue weighted by Gasteiger charge is 2.86. The van der Waals surface area contributed by atoms with Gasteiger partial charge in [0.25, 0.3) is 0 Å². The van der Waals surface area contributed by atoms with Gasteiger partial charge in [-0.3, -0.25) is 0 Å². The van der Waals surface area contributed by atoms with Crippen LogP contribution in [0.25, 0.3) is 0 Å². The molecule has 0 bridgehead atoms. The first-order valence-electron chi connectivity index (χ1n) is 5.47. The van der Waals surface area contributed by atoms with Crippen LogP contribution in [0.2, 0.25) is 10.0 Å². The smallest absolute Gasteiger partial charge is 0.378 e. The Morgan fingerprint density at radius 3 is 1.52 bits per heavy atom. The van der Waals surface area contributed by atoms with Crippen molar-refractivity contribution in [1.82, 2.24) is 0 Å². The molecule has 0 atom stereocenters. The largest absolute Gasteiger partial charge is 0.460 e. The molecule has 1 aromatic carbocycles. The third-order valence-electron chi connectivity index (χ3n) is 2.47. The third kappa shape index (κ3) is 3.72. The van der Waals surface area contributed by atoms with Crippen LogP contribution in [0.5, 0.6) is 5.75 Å². The van der Waals surface area contributed by atoms with Crippen molar-refractivity contribution in [3.63, 3.8) is 0 Å². The van der Waals surface area contributed by atoms with Gasteiger partial charge in [0.2, 0.25) is 0 Å². The van der Waals surface area contributed by atoms with Crippen molar-refractivity contribution in [3.05, 3.63) is 28.2 Å². The summed E-state index contributed by atoms with van der Waals surface area (Å²) < 4.78 is 140. The highest BCUT2D eigenvalue weighted by atomic mass is 35.5. The maximum atomic E-state index is 13.4. The zero-order chi connectivity index (χ0) is 20.1. The summed E-state index contributed by atoms with van der Waals surface area (Å²) in [5.41, 5.74) is 0. The molecule has 0 spiro atoms. The van der Waals surface area contributed by atoms with Gasteiger partial charge in [0.05, 0.1) is 0 Å². The van der Waals surface area contributed by atoms with Crippen LogP contribution in [0.15, 0.2) is 18.2 Å². The molecule has 0 aromatic heterocycles. The molecule has 1 rings (SSSR count). The van der Waals surface area contributed by atoms with E-state index in [0.29, 0.717) is 12.1 Å². The Morgan fingerprint density at radius 1 is 0.760 bits per heavy atom. The topological polar surface area (TPSA) is 43.4 Å². The van der Waals surface area contributed by atoms with E-state index in [1.54, 1.807) is 0 Å². The Morgan fingerprint density at radius 2 is 1.16 bits per heavy atom. The molecule has 3 nitrogen and oxygen atoms in total. The third-order valence-corrected chi connectivity index (χ3v) is 4.20. The monoisotopic (exact) mass is 444 g/mol. The number of hydrogen-bond donors (Lipinski definition) is 0. The standard InChI is InChI=1S/C10H3Cl2F9O3S/c11-4-1-5(12)3-6(2-4)24-25(22,23)10(20,21)8(15,16)7(13,14)9(17,18)19/h1-3H. The lowest BCUT2D eigenvalue weighted by atomic mass is 10.1. The predicted octanol–water partition coefficient (Wildman–Crippen LogP) is 5.13. The van der Waals surface area contributed by atoms with Crippen LogP contribution in [-0.4, -0.2) is 31.7 Å². The number of rotatable bonds is 5. The fraction of sp³-hybridized carbons (Fsp3) is 0.400. The predicted molar refractivity (Wildman–Crippen MR) is 66.9 cm³/mol. The Bertz CT molecular complexity index is 741. The lowest BCUT2D eigenvalue weighted by Crippen LogP contribution is -2.63. The van der Waals surface area contributed by atoms with Gasteiger partial charge in [0, 0.05) is 22.2 Å². The van der Waals surface area contributed by atoms with Gasteiger partial charge in [-0.25, -0.2) is 0 Å². The maximum absolute atomic E-state index is 13.4. The summed E-state index contributed by atoms with van der Waals surface area (Å²) in [5, 5.41) is -7.84. The highest BCUT2D eigenvalue weighted by molar-refractivity contribution is 7.88. The summed E-state index contributed by atoms with van der Waals surface area (Å²) in [5.74, 6) is -16.0. The summed E-state index contributed by atoms with van der Waals surface area (Å²) in [7, 11) is -7.03. The molecule has 1 aromatic rings. The molecule has 0 amide bonds.